The third-order valence-corrected chi connectivity index (χ3v) is 29.4. The van der Waals surface area contributed by atoms with Crippen LogP contribution in [0, 0.1) is 0 Å². The Morgan fingerprint density at radius 3 is 0.475 bits per heavy atom. The van der Waals surface area contributed by atoms with Gasteiger partial charge in [0.2, 0.25) is 0 Å². The fourth-order valence-electron chi connectivity index (χ4n) is 4.46. The van der Waals surface area contributed by atoms with Gasteiger partial charge in [-0.25, -0.2) is 0 Å². The molecule has 0 bridgehead atoms. The summed E-state index contributed by atoms with van der Waals surface area (Å²) in [5, 5.41) is 0. The standard InChI is InChI=1S/2C18H15ClTe/c2*19-20(16-10-4-1-5-11-16,17-12-6-2-7-13-17)18-14-8-3-9-15-18/h2*1-15H. The number of hydrogen-bond donors (Lipinski definition) is 0. The molecule has 0 aromatic heterocycles. The number of halogens is 2. The first-order valence-electron chi connectivity index (χ1n) is 13.0. The van der Waals surface area contributed by atoms with Crippen molar-refractivity contribution in [3.8, 4) is 0 Å². The zero-order valence-corrected chi connectivity index (χ0v) is 28.1. The second kappa shape index (κ2) is 13.9. The van der Waals surface area contributed by atoms with Crippen LogP contribution in [0.4, 0.5) is 0 Å². The molecule has 4 heteroatoms. The van der Waals surface area contributed by atoms with Gasteiger partial charge < -0.3 is 0 Å². The Hall–Kier alpha value is -2.52. The molecule has 0 heterocycles. The van der Waals surface area contributed by atoms with E-state index in [-0.39, 0.29) is 0 Å². The molecular weight excluding hydrogens is 759 g/mol. The van der Waals surface area contributed by atoms with E-state index >= 15 is 0 Å². The third-order valence-electron chi connectivity index (χ3n) is 6.41. The fourth-order valence-corrected chi connectivity index (χ4v) is 22.4. The molecule has 0 radical (unpaired) electrons. The molecule has 0 spiro atoms. The van der Waals surface area contributed by atoms with Crippen LogP contribution in [0.5, 0.6) is 0 Å². The molecule has 6 aromatic rings. The third kappa shape index (κ3) is 6.35. The van der Waals surface area contributed by atoms with Gasteiger partial charge in [-0.2, -0.15) is 0 Å². The van der Waals surface area contributed by atoms with E-state index in [0.29, 0.717) is 0 Å². The maximum absolute atomic E-state index is 7.31. The van der Waals surface area contributed by atoms with E-state index in [1.54, 1.807) is 0 Å². The van der Waals surface area contributed by atoms with Gasteiger partial charge in [0.05, 0.1) is 0 Å². The minimum atomic E-state index is -3.05. The quantitative estimate of drug-likeness (QED) is 0.188. The molecule has 200 valence electrons. The summed E-state index contributed by atoms with van der Waals surface area (Å²) in [5.41, 5.74) is 0. The van der Waals surface area contributed by atoms with Crippen molar-refractivity contribution in [1.82, 2.24) is 0 Å². The molecule has 0 saturated heterocycles. The van der Waals surface area contributed by atoms with E-state index in [1.807, 2.05) is 36.4 Å². The Kier molecular flexibility index (Phi) is 10.1. The van der Waals surface area contributed by atoms with E-state index < -0.39 is 34.1 Å². The van der Waals surface area contributed by atoms with Gasteiger partial charge in [-0.15, -0.1) is 0 Å². The van der Waals surface area contributed by atoms with Gasteiger partial charge in [-0.3, -0.25) is 0 Å². The van der Waals surface area contributed by atoms with Crippen molar-refractivity contribution in [3.05, 3.63) is 182 Å². The SMILES string of the molecule is Cl[Te](c1ccccc1)(c1ccccc1)c1ccccc1.Cl[Te](c1ccccc1)(c1ccccc1)c1ccccc1. The van der Waals surface area contributed by atoms with E-state index in [2.05, 4.69) is 146 Å². The molecule has 0 unspecified atom stereocenters. The van der Waals surface area contributed by atoms with Crippen LogP contribution in [0.15, 0.2) is 182 Å². The molecule has 0 nitrogen and oxygen atoms in total. The van der Waals surface area contributed by atoms with Crippen molar-refractivity contribution >= 4 is 73.7 Å². The van der Waals surface area contributed by atoms with Crippen molar-refractivity contribution in [1.29, 1.82) is 0 Å². The molecular formula is C36H30Cl2Te2. The first-order valence-corrected chi connectivity index (χ1v) is 25.9. The van der Waals surface area contributed by atoms with Gasteiger partial charge in [0.25, 0.3) is 0 Å². The van der Waals surface area contributed by atoms with Crippen LogP contribution in [0.2, 0.25) is 0 Å². The van der Waals surface area contributed by atoms with E-state index in [9.17, 15) is 0 Å². The predicted octanol–water partition coefficient (Wildman–Crippen LogP) is 5.78. The van der Waals surface area contributed by atoms with E-state index in [0.717, 1.165) is 0 Å². The molecule has 6 rings (SSSR count). The van der Waals surface area contributed by atoms with Crippen LogP contribution in [0.3, 0.4) is 0 Å². The average Bonchev–Trinajstić information content (AvgIpc) is 3.07. The van der Waals surface area contributed by atoms with Crippen molar-refractivity contribution in [3.63, 3.8) is 0 Å². The minimum absolute atomic E-state index is 1.27. The normalized spacial score (nSPS) is 12.1. The molecule has 0 aliphatic rings. The van der Waals surface area contributed by atoms with Crippen LogP contribution < -0.4 is 21.7 Å². The van der Waals surface area contributed by atoms with Gasteiger partial charge >= 0.3 is 256 Å². The summed E-state index contributed by atoms with van der Waals surface area (Å²) < 4.78 is 7.63. The Bertz CT molecular complexity index is 1260. The summed E-state index contributed by atoms with van der Waals surface area (Å²) in [6, 6.07) is 63.1. The monoisotopic (exact) mass is 792 g/mol. The van der Waals surface area contributed by atoms with Crippen molar-refractivity contribution < 1.29 is 0 Å². The molecule has 0 amide bonds. The first-order chi connectivity index (χ1) is 19.6. The Labute approximate surface area is 253 Å². The van der Waals surface area contributed by atoms with Gasteiger partial charge in [0, 0.05) is 0 Å². The average molecular weight is 789 g/mol. The summed E-state index contributed by atoms with van der Waals surface area (Å²) in [6.07, 6.45) is 0. The second-order valence-electron chi connectivity index (χ2n) is 8.95. The van der Waals surface area contributed by atoms with Crippen LogP contribution >= 0.6 is 17.9 Å². The van der Waals surface area contributed by atoms with Crippen LogP contribution in [-0.4, -0.2) is 34.1 Å². The molecule has 0 atom stereocenters. The summed E-state index contributed by atoms with van der Waals surface area (Å²) in [4.78, 5) is 0. The molecule has 0 fully saturated rings. The molecule has 6 aromatic carbocycles. The molecule has 0 aliphatic heterocycles. The maximum atomic E-state index is 7.31. The summed E-state index contributed by atoms with van der Waals surface area (Å²) in [6.45, 7) is 0. The van der Waals surface area contributed by atoms with Gasteiger partial charge in [0.15, 0.2) is 0 Å². The summed E-state index contributed by atoms with van der Waals surface area (Å²) in [5.74, 6) is 0. The van der Waals surface area contributed by atoms with Gasteiger partial charge in [-0.05, 0) is 0 Å². The number of rotatable bonds is 6. The van der Waals surface area contributed by atoms with Crippen molar-refractivity contribution in [2.75, 3.05) is 0 Å². The first kappa shape index (κ1) is 29.0. The van der Waals surface area contributed by atoms with Gasteiger partial charge in [-0.1, -0.05) is 0 Å². The van der Waals surface area contributed by atoms with Crippen molar-refractivity contribution in [2.24, 2.45) is 0 Å². The molecule has 40 heavy (non-hydrogen) atoms. The fraction of sp³-hybridized carbons (Fsp3) is 0. The zero-order valence-electron chi connectivity index (χ0n) is 21.9. The number of hydrogen-bond acceptors (Lipinski definition) is 0. The second-order valence-corrected chi connectivity index (χ2v) is 29.4. The molecule has 0 N–H and O–H groups in total. The van der Waals surface area contributed by atoms with Crippen LogP contribution in [0.1, 0.15) is 0 Å². The number of benzene rings is 6. The van der Waals surface area contributed by atoms with Crippen LogP contribution in [0.25, 0.3) is 0 Å². The van der Waals surface area contributed by atoms with Crippen molar-refractivity contribution in [2.45, 2.75) is 0 Å². The molecule has 0 aliphatic carbocycles. The Morgan fingerprint density at radius 1 is 0.225 bits per heavy atom. The van der Waals surface area contributed by atoms with Gasteiger partial charge in [0.1, 0.15) is 0 Å². The summed E-state index contributed by atoms with van der Waals surface area (Å²) >= 11 is -6.10. The Morgan fingerprint density at radius 2 is 0.350 bits per heavy atom. The van der Waals surface area contributed by atoms with E-state index in [1.165, 1.54) is 21.7 Å². The Balaban J connectivity index is 0.000000161. The zero-order chi connectivity index (χ0) is 27.7. The topological polar surface area (TPSA) is 0 Å². The van der Waals surface area contributed by atoms with Crippen LogP contribution in [-0.2, 0) is 0 Å². The summed E-state index contributed by atoms with van der Waals surface area (Å²) in [7, 11) is 14.6. The predicted molar refractivity (Wildman–Crippen MR) is 180 cm³/mol. The van der Waals surface area contributed by atoms with E-state index in [4.69, 9.17) is 17.9 Å². The molecule has 0 saturated carbocycles.